The number of aromatic carboxylic acids is 1. The lowest BCUT2D eigenvalue weighted by Crippen LogP contribution is -2.15. The van der Waals surface area contributed by atoms with E-state index in [1.807, 2.05) is 6.07 Å². The molecule has 4 aromatic rings. The van der Waals surface area contributed by atoms with Crippen molar-refractivity contribution in [2.45, 2.75) is 4.90 Å². The van der Waals surface area contributed by atoms with Crippen molar-refractivity contribution in [3.05, 3.63) is 83.3 Å². The molecule has 10 nitrogen and oxygen atoms in total. The highest BCUT2D eigenvalue weighted by molar-refractivity contribution is 7.92. The van der Waals surface area contributed by atoms with Crippen LogP contribution < -0.4 is 10.0 Å². The predicted molar refractivity (Wildman–Crippen MR) is 117 cm³/mol. The molecule has 3 N–H and O–H groups in total. The van der Waals surface area contributed by atoms with Crippen molar-refractivity contribution < 1.29 is 32.0 Å². The number of anilines is 2. The summed E-state index contributed by atoms with van der Waals surface area (Å²) in [5.74, 6) is -2.69. The van der Waals surface area contributed by atoms with E-state index in [0.717, 1.165) is 30.3 Å². The number of nitrogens with one attached hydrogen (secondary N) is 2. The Labute approximate surface area is 191 Å². The molecule has 1 aromatic heterocycles. The normalized spacial score (nSPS) is 11.1. The van der Waals surface area contributed by atoms with Gasteiger partial charge < -0.3 is 14.9 Å². The van der Waals surface area contributed by atoms with Gasteiger partial charge in [0.05, 0.1) is 38.9 Å². The molecule has 0 bridgehead atoms. The summed E-state index contributed by atoms with van der Waals surface area (Å²) in [6, 6.07) is 13.9. The van der Waals surface area contributed by atoms with Gasteiger partial charge in [0.25, 0.3) is 15.9 Å². The van der Waals surface area contributed by atoms with Crippen LogP contribution in [0.4, 0.5) is 15.8 Å². The van der Waals surface area contributed by atoms with Gasteiger partial charge in [0.2, 0.25) is 0 Å². The summed E-state index contributed by atoms with van der Waals surface area (Å²) in [4.78, 5) is 24.0. The molecule has 0 spiro atoms. The second-order valence-corrected chi connectivity index (χ2v) is 8.62. The number of amides is 1. The molecule has 0 fully saturated rings. The van der Waals surface area contributed by atoms with Gasteiger partial charge in [0.1, 0.15) is 5.82 Å². The van der Waals surface area contributed by atoms with E-state index < -0.39 is 27.7 Å². The molecule has 4 rings (SSSR count). The van der Waals surface area contributed by atoms with Crippen LogP contribution in [0.5, 0.6) is 0 Å². The number of hydrogen-bond donors (Lipinski definition) is 3. The van der Waals surface area contributed by atoms with Gasteiger partial charge in [-0.1, -0.05) is 5.16 Å². The Kier molecular flexibility index (Phi) is 5.70. The number of carboxylic acid groups (broad SMARTS) is 1. The molecule has 0 atom stereocenters. The fourth-order valence-corrected chi connectivity index (χ4v) is 4.12. The molecular weight excluding hydrogens is 467 g/mol. The highest BCUT2D eigenvalue weighted by Gasteiger charge is 2.21. The minimum atomic E-state index is -4.00. The van der Waals surface area contributed by atoms with Crippen molar-refractivity contribution in [3.63, 3.8) is 0 Å². The smallest absolute Gasteiger partial charge is 0.337 e. The summed E-state index contributed by atoms with van der Waals surface area (Å²) in [7, 11) is -4.00. The summed E-state index contributed by atoms with van der Waals surface area (Å²) in [5, 5.41) is 24.7. The molecule has 170 valence electrons. The molecule has 0 saturated heterocycles. The Bertz CT molecular complexity index is 1590. The maximum absolute atomic E-state index is 13.1. The number of sulfonamides is 1. The van der Waals surface area contributed by atoms with Gasteiger partial charge in [-0.15, -0.1) is 0 Å². The van der Waals surface area contributed by atoms with E-state index in [-0.39, 0.29) is 44.1 Å². The molecule has 0 aliphatic carbocycles. The summed E-state index contributed by atoms with van der Waals surface area (Å²) >= 11 is 0. The standard InChI is InChI=1S/C22H13FN4O6S/c23-13-2-5-15(6-3-13)34(31,32)27-14-4-7-16-19(10-14)33-26-20(16)21(28)25-18-8-1-12(11-24)9-17(18)22(29)30/h1-10,27H,(H,25,28)(H,29,30). The fourth-order valence-electron chi connectivity index (χ4n) is 3.07. The molecule has 0 unspecified atom stereocenters. The molecule has 1 amide bonds. The molecule has 0 aliphatic heterocycles. The van der Waals surface area contributed by atoms with Crippen molar-refractivity contribution >= 4 is 44.2 Å². The number of carbonyl (C=O) groups is 2. The van der Waals surface area contributed by atoms with Gasteiger partial charge in [-0.2, -0.15) is 5.26 Å². The summed E-state index contributed by atoms with van der Waals surface area (Å²) < 4.78 is 45.5. The first-order valence-electron chi connectivity index (χ1n) is 9.44. The first kappa shape index (κ1) is 22.4. The van der Waals surface area contributed by atoms with Gasteiger partial charge >= 0.3 is 5.97 Å². The van der Waals surface area contributed by atoms with E-state index in [1.165, 1.54) is 30.3 Å². The molecule has 0 saturated carbocycles. The monoisotopic (exact) mass is 480 g/mol. The van der Waals surface area contributed by atoms with Crippen molar-refractivity contribution in [1.29, 1.82) is 5.26 Å². The average Bonchev–Trinajstić information content (AvgIpc) is 3.22. The van der Waals surface area contributed by atoms with Crippen LogP contribution in [0.3, 0.4) is 0 Å². The van der Waals surface area contributed by atoms with Crippen molar-refractivity contribution in [3.8, 4) is 6.07 Å². The lowest BCUT2D eigenvalue weighted by Gasteiger charge is -2.08. The SMILES string of the molecule is N#Cc1ccc(NC(=O)c2noc3cc(NS(=O)(=O)c4ccc(F)cc4)ccc23)c(C(=O)O)c1. The zero-order chi connectivity index (χ0) is 24.5. The molecule has 12 heteroatoms. The third-order valence-electron chi connectivity index (χ3n) is 4.69. The highest BCUT2D eigenvalue weighted by atomic mass is 32.2. The Morgan fingerprint density at radius 3 is 2.47 bits per heavy atom. The Morgan fingerprint density at radius 2 is 1.79 bits per heavy atom. The third-order valence-corrected chi connectivity index (χ3v) is 6.09. The van der Waals surface area contributed by atoms with E-state index in [1.54, 1.807) is 0 Å². The minimum absolute atomic E-state index is 0.0451. The van der Waals surface area contributed by atoms with Crippen LogP contribution in [0.25, 0.3) is 11.0 Å². The van der Waals surface area contributed by atoms with Gasteiger partial charge in [-0.05, 0) is 54.6 Å². The van der Waals surface area contributed by atoms with E-state index in [0.29, 0.717) is 0 Å². The molecule has 0 aliphatic rings. The topological polar surface area (TPSA) is 162 Å². The van der Waals surface area contributed by atoms with Gasteiger partial charge in [0, 0.05) is 6.07 Å². The second-order valence-electron chi connectivity index (χ2n) is 6.93. The predicted octanol–water partition coefficient (Wildman–Crippen LogP) is 3.59. The summed E-state index contributed by atoms with van der Waals surface area (Å²) in [6.45, 7) is 0. The lowest BCUT2D eigenvalue weighted by molar-refractivity contribution is 0.0698. The number of nitrogens with zero attached hydrogens (tertiary/aromatic N) is 2. The molecule has 0 radical (unpaired) electrons. The van der Waals surface area contributed by atoms with Crippen LogP contribution in [0.1, 0.15) is 26.4 Å². The number of rotatable bonds is 6. The molecular formula is C22H13FN4O6S. The van der Waals surface area contributed by atoms with Gasteiger partial charge in [-0.25, -0.2) is 17.6 Å². The van der Waals surface area contributed by atoms with Crippen molar-refractivity contribution in [2.24, 2.45) is 0 Å². The first-order chi connectivity index (χ1) is 16.2. The first-order valence-corrected chi connectivity index (χ1v) is 10.9. The number of nitriles is 1. The van der Waals surface area contributed by atoms with Gasteiger partial charge in [0.15, 0.2) is 11.3 Å². The Morgan fingerprint density at radius 1 is 1.06 bits per heavy atom. The third kappa shape index (κ3) is 4.41. The van der Waals surface area contributed by atoms with Crippen LogP contribution in [-0.2, 0) is 10.0 Å². The van der Waals surface area contributed by atoms with E-state index in [4.69, 9.17) is 9.78 Å². The summed E-state index contributed by atoms with van der Waals surface area (Å²) in [5.41, 5.74) is -0.182. The van der Waals surface area contributed by atoms with Gasteiger partial charge in [-0.3, -0.25) is 9.52 Å². The zero-order valence-corrected chi connectivity index (χ0v) is 17.8. The van der Waals surface area contributed by atoms with Crippen LogP contribution in [0.15, 0.2) is 70.1 Å². The van der Waals surface area contributed by atoms with Crippen LogP contribution >= 0.6 is 0 Å². The number of aromatic nitrogens is 1. The van der Waals surface area contributed by atoms with Crippen LogP contribution in [-0.4, -0.2) is 30.6 Å². The maximum Gasteiger partial charge on any atom is 0.337 e. The zero-order valence-electron chi connectivity index (χ0n) is 16.9. The second kappa shape index (κ2) is 8.64. The quantitative estimate of drug-likeness (QED) is 0.377. The molecule has 3 aromatic carbocycles. The van der Waals surface area contributed by atoms with Crippen LogP contribution in [0.2, 0.25) is 0 Å². The largest absolute Gasteiger partial charge is 0.478 e. The fraction of sp³-hybridized carbons (Fsp3) is 0. The number of hydrogen-bond acceptors (Lipinski definition) is 7. The summed E-state index contributed by atoms with van der Waals surface area (Å²) in [6.07, 6.45) is 0. The Balaban J connectivity index is 1.59. The number of fused-ring (bicyclic) bond motifs is 1. The van der Waals surface area contributed by atoms with E-state index >= 15 is 0 Å². The van der Waals surface area contributed by atoms with E-state index in [2.05, 4.69) is 15.2 Å². The van der Waals surface area contributed by atoms with E-state index in [9.17, 15) is 27.5 Å². The number of benzene rings is 3. The van der Waals surface area contributed by atoms with Crippen molar-refractivity contribution in [1.82, 2.24) is 5.16 Å². The average molecular weight is 480 g/mol. The number of halogens is 1. The lowest BCUT2D eigenvalue weighted by atomic mass is 10.1. The molecule has 1 heterocycles. The molecule has 34 heavy (non-hydrogen) atoms. The van der Waals surface area contributed by atoms with Crippen LogP contribution in [0, 0.1) is 17.1 Å². The minimum Gasteiger partial charge on any atom is -0.478 e. The number of carboxylic acids is 1. The maximum atomic E-state index is 13.1. The Hall–Kier alpha value is -4.76. The number of carbonyl (C=O) groups excluding carboxylic acids is 1. The van der Waals surface area contributed by atoms with Crippen molar-refractivity contribution in [2.75, 3.05) is 10.0 Å². The highest BCUT2D eigenvalue weighted by Crippen LogP contribution is 2.26.